The lowest BCUT2D eigenvalue weighted by Gasteiger charge is -2.25. The standard InChI is InChI=1S/C21H33F3N4O3/c1-6-25-19(28(5)13-18(30)27-20(2,3)4)26-12-16(14-29)11-15-7-9-17(10-8-15)31-21(22,23)24/h7-10,16,29H,6,11-14H2,1-5H3,(H,25,26)(H,27,30). The van der Waals surface area contributed by atoms with Gasteiger partial charge in [0, 0.05) is 38.2 Å². The van der Waals surface area contributed by atoms with Gasteiger partial charge in [-0.3, -0.25) is 9.79 Å². The average molecular weight is 447 g/mol. The van der Waals surface area contributed by atoms with E-state index in [1.165, 1.54) is 24.3 Å². The second-order valence-corrected chi connectivity index (χ2v) is 8.29. The van der Waals surface area contributed by atoms with Gasteiger partial charge in [-0.05, 0) is 51.8 Å². The lowest BCUT2D eigenvalue weighted by Crippen LogP contribution is -2.48. The van der Waals surface area contributed by atoms with E-state index in [-0.39, 0.29) is 42.8 Å². The maximum Gasteiger partial charge on any atom is 0.573 e. The summed E-state index contributed by atoms with van der Waals surface area (Å²) < 4.78 is 40.7. The van der Waals surface area contributed by atoms with Gasteiger partial charge in [0.05, 0.1) is 6.54 Å². The first-order chi connectivity index (χ1) is 14.3. The van der Waals surface area contributed by atoms with E-state index in [2.05, 4.69) is 20.4 Å². The molecule has 1 aromatic carbocycles. The van der Waals surface area contributed by atoms with Crippen molar-refractivity contribution in [1.82, 2.24) is 15.5 Å². The highest BCUT2D eigenvalue weighted by atomic mass is 19.4. The van der Waals surface area contributed by atoms with Gasteiger partial charge in [-0.1, -0.05) is 12.1 Å². The molecule has 0 saturated carbocycles. The third kappa shape index (κ3) is 11.5. The number of likely N-dealkylation sites (N-methyl/N-ethyl adjacent to an activating group) is 1. The predicted molar refractivity (Wildman–Crippen MR) is 114 cm³/mol. The largest absolute Gasteiger partial charge is 0.573 e. The van der Waals surface area contributed by atoms with Gasteiger partial charge >= 0.3 is 6.36 Å². The number of alkyl halides is 3. The third-order valence-corrected chi connectivity index (χ3v) is 4.03. The van der Waals surface area contributed by atoms with Crippen molar-refractivity contribution in [2.45, 2.75) is 46.0 Å². The molecule has 31 heavy (non-hydrogen) atoms. The number of carbonyl (C=O) groups is 1. The molecule has 7 nitrogen and oxygen atoms in total. The maximum atomic E-state index is 12.3. The highest BCUT2D eigenvalue weighted by molar-refractivity contribution is 5.86. The number of benzene rings is 1. The summed E-state index contributed by atoms with van der Waals surface area (Å²) in [6, 6.07) is 5.54. The molecule has 0 saturated heterocycles. The predicted octanol–water partition coefficient (Wildman–Crippen LogP) is 2.55. The summed E-state index contributed by atoms with van der Waals surface area (Å²) in [5.74, 6) is -0.140. The Balaban J connectivity index is 2.74. The number of halogens is 3. The minimum Gasteiger partial charge on any atom is -0.406 e. The van der Waals surface area contributed by atoms with Crippen molar-refractivity contribution in [2.24, 2.45) is 10.9 Å². The van der Waals surface area contributed by atoms with Crippen LogP contribution in [0.2, 0.25) is 0 Å². The topological polar surface area (TPSA) is 86.2 Å². The summed E-state index contributed by atoms with van der Waals surface area (Å²) in [5, 5.41) is 15.7. The zero-order valence-corrected chi connectivity index (χ0v) is 18.7. The number of nitrogens with zero attached hydrogens (tertiary/aromatic N) is 2. The van der Waals surface area contributed by atoms with Crippen LogP contribution in [0, 0.1) is 5.92 Å². The highest BCUT2D eigenvalue weighted by Gasteiger charge is 2.31. The zero-order chi connectivity index (χ0) is 23.7. The number of nitrogens with one attached hydrogen (secondary N) is 2. The number of aliphatic hydroxyl groups excluding tert-OH is 1. The van der Waals surface area contributed by atoms with Gasteiger partial charge in [0.1, 0.15) is 5.75 Å². The molecule has 0 aliphatic rings. The number of aliphatic hydroxyl groups is 1. The molecule has 3 N–H and O–H groups in total. The molecule has 0 heterocycles. The lowest BCUT2D eigenvalue weighted by molar-refractivity contribution is -0.274. The SMILES string of the molecule is CCNC(=NCC(CO)Cc1ccc(OC(F)(F)F)cc1)N(C)CC(=O)NC(C)(C)C. The van der Waals surface area contributed by atoms with E-state index in [4.69, 9.17) is 0 Å². The van der Waals surface area contributed by atoms with Crippen molar-refractivity contribution in [3.05, 3.63) is 29.8 Å². The number of rotatable bonds is 9. The van der Waals surface area contributed by atoms with Gasteiger partial charge in [-0.25, -0.2) is 0 Å². The fourth-order valence-corrected chi connectivity index (χ4v) is 2.78. The maximum absolute atomic E-state index is 12.3. The molecule has 0 radical (unpaired) electrons. The second kappa shape index (κ2) is 11.8. The second-order valence-electron chi connectivity index (χ2n) is 8.29. The van der Waals surface area contributed by atoms with Gasteiger partial charge < -0.3 is 25.4 Å². The Labute approximate surface area is 181 Å². The molecule has 0 bridgehead atoms. The van der Waals surface area contributed by atoms with Crippen molar-refractivity contribution < 1.29 is 27.8 Å². The molecule has 1 unspecified atom stereocenters. The normalized spacial score (nSPS) is 13.5. The van der Waals surface area contributed by atoms with Gasteiger partial charge in [0.15, 0.2) is 5.96 Å². The third-order valence-electron chi connectivity index (χ3n) is 4.03. The minimum absolute atomic E-state index is 0.119. The van der Waals surface area contributed by atoms with Crippen molar-refractivity contribution in [3.8, 4) is 5.75 Å². The van der Waals surface area contributed by atoms with Crippen LogP contribution in [0.15, 0.2) is 29.3 Å². The van der Waals surface area contributed by atoms with Crippen LogP contribution >= 0.6 is 0 Å². The number of aliphatic imine (C=N–C) groups is 1. The molecule has 1 rings (SSSR count). The Morgan fingerprint density at radius 2 is 1.84 bits per heavy atom. The molecule has 176 valence electrons. The number of guanidine groups is 1. The quantitative estimate of drug-likeness (QED) is 0.401. The Morgan fingerprint density at radius 1 is 1.23 bits per heavy atom. The summed E-state index contributed by atoms with van der Waals surface area (Å²) in [5.41, 5.74) is 0.419. The fraction of sp³-hybridized carbons (Fsp3) is 0.619. The van der Waals surface area contributed by atoms with Crippen molar-refractivity contribution in [1.29, 1.82) is 0 Å². The summed E-state index contributed by atoms with van der Waals surface area (Å²) in [6.45, 7) is 8.48. The molecule has 0 fully saturated rings. The van der Waals surface area contributed by atoms with E-state index in [0.717, 1.165) is 5.56 Å². The highest BCUT2D eigenvalue weighted by Crippen LogP contribution is 2.23. The first-order valence-corrected chi connectivity index (χ1v) is 10.1. The smallest absolute Gasteiger partial charge is 0.406 e. The minimum atomic E-state index is -4.73. The van der Waals surface area contributed by atoms with E-state index in [1.54, 1.807) is 11.9 Å². The van der Waals surface area contributed by atoms with Crippen LogP contribution < -0.4 is 15.4 Å². The molecule has 0 aliphatic carbocycles. The van der Waals surface area contributed by atoms with Crippen LogP contribution in [0.5, 0.6) is 5.75 Å². The molecule has 0 aromatic heterocycles. The monoisotopic (exact) mass is 446 g/mol. The van der Waals surface area contributed by atoms with Crippen LogP contribution in [-0.2, 0) is 11.2 Å². The number of amides is 1. The Morgan fingerprint density at radius 3 is 2.32 bits per heavy atom. The molecular weight excluding hydrogens is 413 g/mol. The molecule has 1 aromatic rings. The van der Waals surface area contributed by atoms with Crippen LogP contribution in [0.4, 0.5) is 13.2 Å². The van der Waals surface area contributed by atoms with Gasteiger partial charge in [0.25, 0.3) is 0 Å². The molecule has 0 spiro atoms. The Bertz CT molecular complexity index is 716. The summed E-state index contributed by atoms with van der Waals surface area (Å²) in [7, 11) is 1.75. The van der Waals surface area contributed by atoms with Gasteiger partial charge in [-0.2, -0.15) is 0 Å². The average Bonchev–Trinajstić information content (AvgIpc) is 2.62. The first-order valence-electron chi connectivity index (χ1n) is 10.1. The molecule has 0 aliphatic heterocycles. The van der Waals surface area contributed by atoms with E-state index in [1.807, 2.05) is 27.7 Å². The number of ether oxygens (including phenoxy) is 1. The van der Waals surface area contributed by atoms with Gasteiger partial charge in [-0.15, -0.1) is 13.2 Å². The summed E-state index contributed by atoms with van der Waals surface area (Å²) in [6.07, 6.45) is -4.30. The van der Waals surface area contributed by atoms with Crippen molar-refractivity contribution in [3.63, 3.8) is 0 Å². The van der Waals surface area contributed by atoms with E-state index in [0.29, 0.717) is 18.9 Å². The summed E-state index contributed by atoms with van der Waals surface area (Å²) in [4.78, 5) is 18.4. The fourth-order valence-electron chi connectivity index (χ4n) is 2.78. The number of carbonyl (C=O) groups excluding carboxylic acids is 1. The number of hydrogen-bond donors (Lipinski definition) is 3. The molecule has 10 heteroatoms. The van der Waals surface area contributed by atoms with Gasteiger partial charge in [0.2, 0.25) is 5.91 Å². The van der Waals surface area contributed by atoms with Crippen LogP contribution in [-0.4, -0.2) is 67.1 Å². The van der Waals surface area contributed by atoms with Crippen molar-refractivity contribution in [2.75, 3.05) is 33.3 Å². The van der Waals surface area contributed by atoms with E-state index < -0.39 is 6.36 Å². The Hall–Kier alpha value is -2.49. The zero-order valence-electron chi connectivity index (χ0n) is 18.7. The Kier molecular flexibility index (Phi) is 10.1. The molecule has 1 atom stereocenters. The first kappa shape index (κ1) is 26.5. The van der Waals surface area contributed by atoms with Crippen LogP contribution in [0.1, 0.15) is 33.3 Å². The molecular formula is C21H33F3N4O3. The van der Waals surface area contributed by atoms with Crippen LogP contribution in [0.3, 0.4) is 0 Å². The number of hydrogen-bond acceptors (Lipinski definition) is 4. The summed E-state index contributed by atoms with van der Waals surface area (Å²) >= 11 is 0. The van der Waals surface area contributed by atoms with Crippen molar-refractivity contribution >= 4 is 11.9 Å². The van der Waals surface area contributed by atoms with E-state index >= 15 is 0 Å². The molecule has 1 amide bonds. The van der Waals surface area contributed by atoms with Crippen LogP contribution in [0.25, 0.3) is 0 Å². The lowest BCUT2D eigenvalue weighted by atomic mass is 10.0. The van der Waals surface area contributed by atoms with E-state index in [9.17, 15) is 23.1 Å².